The van der Waals surface area contributed by atoms with Gasteiger partial charge in [-0.25, -0.2) is 32.5 Å². The number of likely N-dealkylation sites (N-methyl/N-ethyl adjacent to an activating group) is 2. The van der Waals surface area contributed by atoms with Crippen molar-refractivity contribution in [2.75, 3.05) is 47.7 Å². The number of hydrogen-bond donors (Lipinski definition) is 2. The Bertz CT molecular complexity index is 3010. The fourth-order valence-electron chi connectivity index (χ4n) is 7.46. The van der Waals surface area contributed by atoms with Crippen molar-refractivity contribution in [2.24, 2.45) is 0 Å². The van der Waals surface area contributed by atoms with Gasteiger partial charge in [0.1, 0.15) is 50.5 Å². The van der Waals surface area contributed by atoms with Crippen LogP contribution < -0.4 is 35.4 Å². The minimum atomic E-state index is -0.968. The third-order valence-electron chi connectivity index (χ3n) is 12.3. The number of carbonyl (C=O) groups excluding carboxylic acids is 4. The summed E-state index contributed by atoms with van der Waals surface area (Å²) in [5.41, 5.74) is 3.57. The van der Waals surface area contributed by atoms with Gasteiger partial charge in [-0.15, -0.1) is 0 Å². The van der Waals surface area contributed by atoms with Crippen molar-refractivity contribution < 1.29 is 55.5 Å². The van der Waals surface area contributed by atoms with E-state index in [0.717, 1.165) is 64.3 Å². The fraction of sp³-hybridized carbons (Fsp3) is 0.280. The number of amides is 4. The van der Waals surface area contributed by atoms with Crippen LogP contribution in [-0.4, -0.2) is 89.2 Å². The van der Waals surface area contributed by atoms with Gasteiger partial charge in [-0.3, -0.25) is 24.2 Å². The first-order valence-corrected chi connectivity index (χ1v) is 23.2. The molecule has 5 heterocycles. The molecule has 0 unspecified atom stereocenters. The van der Waals surface area contributed by atoms with Crippen molar-refractivity contribution >= 4 is 75.2 Å². The molecule has 4 amide bonds. The summed E-state index contributed by atoms with van der Waals surface area (Å²) in [6.07, 6.45) is 6.90. The van der Waals surface area contributed by atoms with E-state index in [2.05, 4.69) is 53.4 Å². The number of benzene rings is 4. The molecule has 4 aromatic carbocycles. The van der Waals surface area contributed by atoms with Gasteiger partial charge in [0.25, 0.3) is 23.6 Å². The molecule has 374 valence electrons. The van der Waals surface area contributed by atoms with Gasteiger partial charge in [0, 0.05) is 19.7 Å². The van der Waals surface area contributed by atoms with Crippen LogP contribution in [0.2, 0.25) is 0 Å². The first-order chi connectivity index (χ1) is 34.1. The lowest BCUT2D eigenvalue weighted by Gasteiger charge is -2.32. The van der Waals surface area contributed by atoms with Crippen molar-refractivity contribution in [3.8, 4) is 22.8 Å². The van der Waals surface area contributed by atoms with E-state index in [-0.39, 0.29) is 36.7 Å². The number of fused-ring (bicyclic) bond motifs is 2. The lowest BCUT2D eigenvalue weighted by molar-refractivity contribution is -0.121. The number of ether oxygens (including phenoxy) is 2. The van der Waals surface area contributed by atoms with Gasteiger partial charge in [0.15, 0.2) is 24.8 Å². The number of aromatic nitrogens is 4. The summed E-state index contributed by atoms with van der Waals surface area (Å²) in [5, 5.41) is 4.60. The van der Waals surface area contributed by atoms with E-state index in [9.17, 15) is 36.7 Å². The SMILES string of the molecule is CCc1cc2c(cc1-c1cnc(NC(=O)c3c(F)cccc3F)cn1)N(C)C(=O)CO2.CCc1cc2c(cc1B1OC(C)(C)C(C)(C)O1)N(C)C(=O)CO2.O=C(Nc1cnc(Br)cn1)c1c(F)cccc1F. The summed E-state index contributed by atoms with van der Waals surface area (Å²) >= 11 is 3.07. The molecule has 1 fully saturated rings. The van der Waals surface area contributed by atoms with Gasteiger partial charge in [-0.05, 0) is 122 Å². The first-order valence-electron chi connectivity index (χ1n) is 22.4. The second kappa shape index (κ2) is 21.6. The monoisotopic (exact) mass is 1050 g/mol. The van der Waals surface area contributed by atoms with Crippen molar-refractivity contribution in [2.45, 2.75) is 65.6 Å². The summed E-state index contributed by atoms with van der Waals surface area (Å²) in [4.78, 5) is 67.0. The standard InChI is InChI=1S/C22H18F2N4O3.C17H24BNO4.C11H6BrF2N3O/c1-3-12-7-18-17(28(2)20(29)11-31-18)8-13(12)16-9-26-19(10-25-16)27-22(30)21-14(23)5-4-6-15(21)24;1-7-11-8-14-13(19(6)15(20)10-21-14)9-12(11)18-22-16(2,3)17(4,5)23-18;12-8-4-16-9(5-15-8)17-11(18)10-6(13)2-1-3-7(10)14/h4-10H,3,11H2,1-2H3,(H,26,27,30);8-9H,7,10H2,1-6H3;1-5H,(H,16,17,18). The van der Waals surface area contributed by atoms with E-state index in [1.54, 1.807) is 19.0 Å². The number of halogens is 5. The molecule has 72 heavy (non-hydrogen) atoms. The van der Waals surface area contributed by atoms with Crippen LogP contribution in [0.3, 0.4) is 0 Å². The molecule has 0 bridgehead atoms. The first kappa shape index (κ1) is 52.5. The third-order valence-corrected chi connectivity index (χ3v) is 12.7. The van der Waals surface area contributed by atoms with Crippen molar-refractivity contribution in [3.05, 3.63) is 136 Å². The second-order valence-electron chi connectivity index (χ2n) is 17.4. The molecule has 22 heteroatoms. The van der Waals surface area contributed by atoms with Gasteiger partial charge in [0.2, 0.25) is 0 Å². The average molecular weight is 1060 g/mol. The number of anilines is 4. The van der Waals surface area contributed by atoms with Crippen molar-refractivity contribution in [1.82, 2.24) is 19.9 Å². The Balaban J connectivity index is 0.000000165. The zero-order valence-corrected chi connectivity index (χ0v) is 41.9. The van der Waals surface area contributed by atoms with E-state index in [4.69, 9.17) is 18.8 Å². The Kier molecular flexibility index (Phi) is 15.8. The fourth-order valence-corrected chi connectivity index (χ4v) is 7.66. The van der Waals surface area contributed by atoms with Crippen molar-refractivity contribution in [1.29, 1.82) is 0 Å². The molecule has 0 radical (unpaired) electrons. The molecule has 9 rings (SSSR count). The Morgan fingerprint density at radius 2 is 1.10 bits per heavy atom. The molecule has 16 nitrogen and oxygen atoms in total. The molecule has 0 aliphatic carbocycles. The van der Waals surface area contributed by atoms with Crippen LogP contribution >= 0.6 is 15.9 Å². The maximum atomic E-state index is 13.8. The van der Waals surface area contributed by atoms with Crippen LogP contribution in [0.5, 0.6) is 11.5 Å². The lowest BCUT2D eigenvalue weighted by atomic mass is 9.74. The predicted molar refractivity (Wildman–Crippen MR) is 265 cm³/mol. The number of nitrogens with one attached hydrogen (secondary N) is 2. The van der Waals surface area contributed by atoms with E-state index in [1.165, 1.54) is 41.8 Å². The van der Waals surface area contributed by atoms with Crippen LogP contribution in [-0.2, 0) is 31.7 Å². The summed E-state index contributed by atoms with van der Waals surface area (Å²) in [6.45, 7) is 12.3. The summed E-state index contributed by atoms with van der Waals surface area (Å²) < 4.78 is 78.2. The normalized spacial score (nSPS) is 15.2. The summed E-state index contributed by atoms with van der Waals surface area (Å²) in [6, 6.07) is 14.0. The molecule has 3 aliphatic rings. The van der Waals surface area contributed by atoms with Crippen LogP contribution in [0.15, 0.2) is 90.1 Å². The molecule has 2 N–H and O–H groups in total. The lowest BCUT2D eigenvalue weighted by Crippen LogP contribution is -2.41. The molecule has 2 aromatic heterocycles. The van der Waals surface area contributed by atoms with Gasteiger partial charge < -0.3 is 39.2 Å². The number of carbonyl (C=O) groups is 4. The maximum Gasteiger partial charge on any atom is 0.495 e. The molecule has 1 saturated heterocycles. The van der Waals surface area contributed by atoms with Crippen LogP contribution in [0.4, 0.5) is 40.6 Å². The van der Waals surface area contributed by atoms with Crippen LogP contribution in [0.1, 0.15) is 73.4 Å². The summed E-state index contributed by atoms with van der Waals surface area (Å²) in [7, 11) is 3.00. The molecular weight excluding hydrogens is 1010 g/mol. The summed E-state index contributed by atoms with van der Waals surface area (Å²) in [5.74, 6) is -4.39. The minimum absolute atomic E-state index is 0.0111. The van der Waals surface area contributed by atoms with E-state index >= 15 is 0 Å². The minimum Gasteiger partial charge on any atom is -0.482 e. The maximum absolute atomic E-state index is 13.8. The largest absolute Gasteiger partial charge is 0.495 e. The van der Waals surface area contributed by atoms with Crippen LogP contribution in [0, 0.1) is 23.3 Å². The number of hydrogen-bond acceptors (Lipinski definition) is 12. The quantitative estimate of drug-likeness (QED) is 0.110. The topological polar surface area (TPSA) is 187 Å². The number of nitrogens with zero attached hydrogens (tertiary/aromatic N) is 6. The molecule has 0 spiro atoms. The molecule has 0 atom stereocenters. The zero-order chi connectivity index (χ0) is 52.2. The molecule has 3 aliphatic heterocycles. The Hall–Kier alpha value is -7.30. The Morgan fingerprint density at radius 3 is 1.53 bits per heavy atom. The van der Waals surface area contributed by atoms with Gasteiger partial charge >= 0.3 is 7.12 Å². The van der Waals surface area contributed by atoms with Gasteiger partial charge in [-0.1, -0.05) is 26.0 Å². The average Bonchev–Trinajstić information content (AvgIpc) is 3.57. The van der Waals surface area contributed by atoms with E-state index in [0.29, 0.717) is 28.2 Å². The smallest absolute Gasteiger partial charge is 0.482 e. The van der Waals surface area contributed by atoms with E-state index in [1.807, 2.05) is 58.9 Å². The molecule has 0 saturated carbocycles. The highest BCUT2D eigenvalue weighted by Gasteiger charge is 2.52. The molecule has 6 aromatic rings. The predicted octanol–water partition coefficient (Wildman–Crippen LogP) is 8.26. The van der Waals surface area contributed by atoms with Gasteiger partial charge in [-0.2, -0.15) is 0 Å². The molecular formula is C50H48BBrF4N8O8. The number of rotatable bonds is 8. The number of aryl methyl sites for hydroxylation is 2. The Labute approximate surface area is 420 Å². The zero-order valence-electron chi connectivity index (χ0n) is 40.3. The third kappa shape index (κ3) is 11.2. The highest BCUT2D eigenvalue weighted by Crippen LogP contribution is 2.40. The van der Waals surface area contributed by atoms with Crippen LogP contribution in [0.25, 0.3) is 11.3 Å². The second-order valence-corrected chi connectivity index (χ2v) is 18.2. The Morgan fingerprint density at radius 1 is 0.653 bits per heavy atom. The van der Waals surface area contributed by atoms with Crippen molar-refractivity contribution in [3.63, 3.8) is 0 Å². The van der Waals surface area contributed by atoms with E-state index < -0.39 is 64.5 Å². The highest BCUT2D eigenvalue weighted by atomic mass is 79.9. The van der Waals surface area contributed by atoms with Gasteiger partial charge in [0.05, 0.1) is 53.1 Å². The highest BCUT2D eigenvalue weighted by molar-refractivity contribution is 9.10.